The van der Waals surface area contributed by atoms with E-state index in [9.17, 15) is 0 Å². The Morgan fingerprint density at radius 2 is 1.96 bits per heavy atom. The van der Waals surface area contributed by atoms with Crippen LogP contribution in [0.3, 0.4) is 0 Å². The summed E-state index contributed by atoms with van der Waals surface area (Å²) in [5.41, 5.74) is 3.02. The fourth-order valence-corrected chi connectivity index (χ4v) is 3.35. The lowest BCUT2D eigenvalue weighted by molar-refractivity contribution is 0.251. The predicted molar refractivity (Wildman–Crippen MR) is 93.0 cm³/mol. The zero-order chi connectivity index (χ0) is 16.4. The fourth-order valence-electron chi connectivity index (χ4n) is 3.35. The minimum atomic E-state index is 0.384. The Morgan fingerprint density at radius 3 is 2.65 bits per heavy atom. The molecule has 0 bridgehead atoms. The number of fused-ring (bicyclic) bond motifs is 1. The van der Waals surface area contributed by atoms with Crippen LogP contribution in [0.4, 0.5) is 5.69 Å². The van der Waals surface area contributed by atoms with Gasteiger partial charge in [-0.15, -0.1) is 10.2 Å². The van der Waals surface area contributed by atoms with Crippen molar-refractivity contribution in [3.05, 3.63) is 18.1 Å². The highest BCUT2D eigenvalue weighted by Crippen LogP contribution is 2.24. The van der Waals surface area contributed by atoms with E-state index >= 15 is 0 Å². The van der Waals surface area contributed by atoms with Gasteiger partial charge in [0.2, 0.25) is 5.65 Å². The monoisotopic (exact) mass is 316 g/mol. The maximum absolute atomic E-state index is 4.59. The van der Waals surface area contributed by atoms with Gasteiger partial charge in [0.05, 0.1) is 11.4 Å². The molecule has 6 nitrogen and oxygen atoms in total. The summed E-state index contributed by atoms with van der Waals surface area (Å²) < 4.78 is 1.79. The first kappa shape index (κ1) is 16.2. The molecule has 1 aliphatic carbocycles. The average Bonchev–Trinajstić information content (AvgIpc) is 3.21. The summed E-state index contributed by atoms with van der Waals surface area (Å²) in [5.74, 6) is 0.384. The molecular formula is C17H28N6. The van der Waals surface area contributed by atoms with Crippen LogP contribution in [0.15, 0.2) is 12.4 Å². The van der Waals surface area contributed by atoms with Crippen LogP contribution in [0.1, 0.15) is 51.1 Å². The molecule has 2 aromatic heterocycles. The molecule has 1 aliphatic rings. The maximum atomic E-state index is 4.59. The molecule has 0 radical (unpaired) electrons. The van der Waals surface area contributed by atoms with Crippen molar-refractivity contribution >= 4 is 11.3 Å². The van der Waals surface area contributed by atoms with Crippen molar-refractivity contribution in [3.8, 4) is 0 Å². The van der Waals surface area contributed by atoms with Gasteiger partial charge in [0.1, 0.15) is 6.33 Å². The molecule has 1 saturated carbocycles. The molecule has 0 saturated heterocycles. The lowest BCUT2D eigenvalue weighted by Crippen LogP contribution is -2.36. The summed E-state index contributed by atoms with van der Waals surface area (Å²) in [6, 6.07) is 2.92. The van der Waals surface area contributed by atoms with Crippen molar-refractivity contribution in [2.24, 2.45) is 0 Å². The van der Waals surface area contributed by atoms with Crippen molar-refractivity contribution in [2.45, 2.75) is 51.5 Å². The van der Waals surface area contributed by atoms with E-state index in [1.807, 2.05) is 0 Å². The highest BCUT2D eigenvalue weighted by atomic mass is 15.4. The average molecular weight is 316 g/mol. The standard InChI is InChI=1S/C17H28N6/c1-13(2)15-11-16(17-19-18-12-23(17)20-15)22(4)10-9-21(3)14-7-5-6-8-14/h11-14H,5-10H2,1-4H3. The van der Waals surface area contributed by atoms with Crippen LogP contribution >= 0.6 is 0 Å². The van der Waals surface area contributed by atoms with Crippen molar-refractivity contribution in [2.75, 3.05) is 32.1 Å². The van der Waals surface area contributed by atoms with Crippen molar-refractivity contribution in [3.63, 3.8) is 0 Å². The maximum Gasteiger partial charge on any atom is 0.200 e. The van der Waals surface area contributed by atoms with Gasteiger partial charge in [-0.25, -0.2) is 0 Å². The highest BCUT2D eigenvalue weighted by Gasteiger charge is 2.20. The van der Waals surface area contributed by atoms with Crippen LogP contribution in [0.25, 0.3) is 5.65 Å². The third kappa shape index (κ3) is 3.47. The molecule has 23 heavy (non-hydrogen) atoms. The Hall–Kier alpha value is -1.69. The number of rotatable bonds is 6. The van der Waals surface area contributed by atoms with E-state index in [1.165, 1.54) is 25.7 Å². The Morgan fingerprint density at radius 1 is 1.22 bits per heavy atom. The van der Waals surface area contributed by atoms with E-state index in [0.717, 1.165) is 36.2 Å². The van der Waals surface area contributed by atoms with Crippen LogP contribution < -0.4 is 4.90 Å². The summed E-state index contributed by atoms with van der Waals surface area (Å²) in [5, 5.41) is 12.8. The second-order valence-electron chi connectivity index (χ2n) is 7.05. The van der Waals surface area contributed by atoms with Gasteiger partial charge in [0, 0.05) is 26.2 Å². The second kappa shape index (κ2) is 6.83. The molecule has 0 N–H and O–H groups in total. The van der Waals surface area contributed by atoms with Crippen LogP contribution in [-0.4, -0.2) is 57.9 Å². The lowest BCUT2D eigenvalue weighted by atomic mass is 10.1. The number of aromatic nitrogens is 4. The van der Waals surface area contributed by atoms with E-state index < -0.39 is 0 Å². The summed E-state index contributed by atoms with van der Waals surface area (Å²) in [6.07, 6.45) is 7.15. The van der Waals surface area contributed by atoms with Crippen LogP contribution in [0.5, 0.6) is 0 Å². The molecule has 0 unspecified atom stereocenters. The van der Waals surface area contributed by atoms with Crippen LogP contribution in [-0.2, 0) is 0 Å². The van der Waals surface area contributed by atoms with E-state index in [0.29, 0.717) is 5.92 Å². The smallest absolute Gasteiger partial charge is 0.200 e. The molecule has 0 aliphatic heterocycles. The lowest BCUT2D eigenvalue weighted by Gasteiger charge is -2.28. The Kier molecular flexibility index (Phi) is 4.80. The molecule has 0 atom stereocenters. The van der Waals surface area contributed by atoms with E-state index in [2.05, 4.69) is 59.1 Å². The number of likely N-dealkylation sites (N-methyl/N-ethyl adjacent to an activating group) is 2. The molecular weight excluding hydrogens is 288 g/mol. The van der Waals surface area contributed by atoms with Gasteiger partial charge in [0.15, 0.2) is 0 Å². The third-order valence-electron chi connectivity index (χ3n) is 5.01. The van der Waals surface area contributed by atoms with Crippen LogP contribution in [0, 0.1) is 0 Å². The SMILES string of the molecule is CC(C)c1cc(N(C)CCN(C)C2CCCC2)c2nncn2n1. The largest absolute Gasteiger partial charge is 0.370 e. The van der Waals surface area contributed by atoms with E-state index in [4.69, 9.17) is 0 Å². The highest BCUT2D eigenvalue weighted by molar-refractivity contribution is 5.68. The molecule has 3 rings (SSSR count). The van der Waals surface area contributed by atoms with Gasteiger partial charge in [-0.3, -0.25) is 0 Å². The summed E-state index contributed by atoms with van der Waals surface area (Å²) >= 11 is 0. The molecule has 6 heteroatoms. The van der Waals surface area contributed by atoms with Gasteiger partial charge in [-0.1, -0.05) is 26.7 Å². The molecule has 0 aromatic carbocycles. The van der Waals surface area contributed by atoms with Gasteiger partial charge < -0.3 is 9.80 Å². The van der Waals surface area contributed by atoms with Gasteiger partial charge >= 0.3 is 0 Å². The Bertz CT molecular complexity index is 644. The summed E-state index contributed by atoms with van der Waals surface area (Å²) in [4.78, 5) is 4.79. The molecule has 2 aromatic rings. The van der Waals surface area contributed by atoms with Gasteiger partial charge in [-0.05, 0) is 31.9 Å². The normalized spacial score (nSPS) is 16.1. The number of hydrogen-bond donors (Lipinski definition) is 0. The minimum Gasteiger partial charge on any atom is -0.370 e. The van der Waals surface area contributed by atoms with Crippen molar-refractivity contribution in [1.29, 1.82) is 0 Å². The third-order valence-corrected chi connectivity index (χ3v) is 5.01. The Balaban J connectivity index is 1.74. The summed E-state index contributed by atoms with van der Waals surface area (Å²) in [7, 11) is 4.39. The van der Waals surface area contributed by atoms with Crippen molar-refractivity contribution in [1.82, 2.24) is 24.7 Å². The molecule has 0 amide bonds. The predicted octanol–water partition coefficient (Wildman–Crippen LogP) is 2.56. The first-order valence-electron chi connectivity index (χ1n) is 8.68. The second-order valence-corrected chi connectivity index (χ2v) is 7.05. The first-order valence-corrected chi connectivity index (χ1v) is 8.68. The van der Waals surface area contributed by atoms with E-state index in [-0.39, 0.29) is 0 Å². The van der Waals surface area contributed by atoms with Crippen LogP contribution in [0.2, 0.25) is 0 Å². The Labute approximate surface area is 138 Å². The topological polar surface area (TPSA) is 49.6 Å². The molecule has 126 valence electrons. The van der Waals surface area contributed by atoms with Gasteiger partial charge in [0.25, 0.3) is 0 Å². The summed E-state index contributed by atoms with van der Waals surface area (Å²) in [6.45, 7) is 6.38. The quantitative estimate of drug-likeness (QED) is 0.820. The van der Waals surface area contributed by atoms with Crippen molar-refractivity contribution < 1.29 is 0 Å². The van der Waals surface area contributed by atoms with Gasteiger partial charge in [-0.2, -0.15) is 9.61 Å². The van der Waals surface area contributed by atoms with E-state index in [1.54, 1.807) is 10.8 Å². The molecule has 2 heterocycles. The number of anilines is 1. The zero-order valence-corrected chi connectivity index (χ0v) is 14.7. The zero-order valence-electron chi connectivity index (χ0n) is 14.7. The first-order chi connectivity index (χ1) is 11.1. The molecule has 1 fully saturated rings. The minimum absolute atomic E-state index is 0.384. The number of nitrogens with zero attached hydrogens (tertiary/aromatic N) is 6. The molecule has 0 spiro atoms. The number of hydrogen-bond acceptors (Lipinski definition) is 5. The fraction of sp³-hybridized carbons (Fsp3) is 0.706.